The summed E-state index contributed by atoms with van der Waals surface area (Å²) in [6.07, 6.45) is 1.23. The van der Waals surface area contributed by atoms with Crippen LogP contribution in [-0.4, -0.2) is 16.9 Å². The van der Waals surface area contributed by atoms with Gasteiger partial charge in [-0.05, 0) is 23.8 Å². The van der Waals surface area contributed by atoms with Gasteiger partial charge in [0.25, 0.3) is 0 Å². The molecule has 3 aromatic rings. The highest BCUT2D eigenvalue weighted by molar-refractivity contribution is 6.04. The predicted octanol–water partition coefficient (Wildman–Crippen LogP) is 0.705. The van der Waals surface area contributed by atoms with Crippen molar-refractivity contribution in [1.29, 1.82) is 0 Å². The smallest absolute Gasteiger partial charge is 0.0752 e. The lowest BCUT2D eigenvalue weighted by atomic mass is 10.1. The van der Waals surface area contributed by atoms with Gasteiger partial charge < -0.3 is 25.1 Å². The molecule has 6 nitrogen and oxygen atoms in total. The molecule has 1 heterocycles. The quantitative estimate of drug-likeness (QED) is 0.761. The van der Waals surface area contributed by atoms with Crippen LogP contribution in [0.5, 0.6) is 0 Å². The molecular formula is C17H10N2O4-2. The van der Waals surface area contributed by atoms with Crippen LogP contribution in [0.25, 0.3) is 10.9 Å². The minimum atomic E-state index is -1.35. The molecule has 0 aliphatic heterocycles. The zero-order valence-electron chi connectivity index (χ0n) is 11.8. The van der Waals surface area contributed by atoms with E-state index >= 15 is 0 Å². The fraction of sp³-hybridized carbons (Fsp3) is 0. The molecule has 0 atom stereocenters. The summed E-state index contributed by atoms with van der Waals surface area (Å²) in [4.78, 5) is 26.2. The molecule has 0 fully saturated rings. The standard InChI is InChI=1S/C17H12N2O4/c20-16(21)10-5-7-11(8-6-10)19-15-12-3-1-2-4-14(12)18-9-13(15)17(22)23/h1-9H,(H,18,19)(H,20,21)(H,22,23)/p-2. The second kappa shape index (κ2) is 5.76. The second-order valence-electron chi connectivity index (χ2n) is 4.84. The van der Waals surface area contributed by atoms with Crippen LogP contribution >= 0.6 is 0 Å². The van der Waals surface area contributed by atoms with Crippen LogP contribution < -0.4 is 15.5 Å². The molecule has 2 aromatic carbocycles. The first-order valence-electron chi connectivity index (χ1n) is 6.74. The van der Waals surface area contributed by atoms with E-state index in [0.29, 0.717) is 22.3 Å². The van der Waals surface area contributed by atoms with Crippen molar-refractivity contribution >= 4 is 34.2 Å². The molecule has 0 saturated heterocycles. The number of aromatic nitrogens is 1. The SMILES string of the molecule is O=C([O-])c1ccc(Nc2c(C(=O)[O-])cnc3ccccc23)cc1. The van der Waals surface area contributed by atoms with E-state index in [1.165, 1.54) is 30.5 Å². The Morgan fingerprint density at radius 3 is 2.26 bits per heavy atom. The van der Waals surface area contributed by atoms with Crippen molar-refractivity contribution in [3.63, 3.8) is 0 Å². The Morgan fingerprint density at radius 1 is 0.913 bits per heavy atom. The van der Waals surface area contributed by atoms with E-state index < -0.39 is 11.9 Å². The number of rotatable bonds is 4. The molecule has 6 heteroatoms. The Bertz CT molecular complexity index is 904. The molecule has 0 saturated carbocycles. The van der Waals surface area contributed by atoms with Gasteiger partial charge >= 0.3 is 0 Å². The van der Waals surface area contributed by atoms with Gasteiger partial charge in [-0.3, -0.25) is 4.98 Å². The van der Waals surface area contributed by atoms with Crippen molar-refractivity contribution in [3.8, 4) is 0 Å². The average Bonchev–Trinajstić information content (AvgIpc) is 2.55. The Kier molecular flexibility index (Phi) is 3.64. The second-order valence-corrected chi connectivity index (χ2v) is 4.84. The number of pyridine rings is 1. The summed E-state index contributed by atoms with van der Waals surface area (Å²) in [7, 11) is 0. The highest BCUT2D eigenvalue weighted by Gasteiger charge is 2.10. The molecule has 0 aliphatic rings. The fourth-order valence-corrected chi connectivity index (χ4v) is 2.26. The van der Waals surface area contributed by atoms with Gasteiger partial charge in [-0.25, -0.2) is 0 Å². The Hall–Kier alpha value is -3.41. The van der Waals surface area contributed by atoms with E-state index in [4.69, 9.17) is 0 Å². The van der Waals surface area contributed by atoms with E-state index in [-0.39, 0.29) is 11.1 Å². The van der Waals surface area contributed by atoms with Crippen molar-refractivity contribution < 1.29 is 19.8 Å². The van der Waals surface area contributed by atoms with Gasteiger partial charge in [0.15, 0.2) is 0 Å². The summed E-state index contributed by atoms with van der Waals surface area (Å²) >= 11 is 0. The number of para-hydroxylation sites is 1. The fourth-order valence-electron chi connectivity index (χ4n) is 2.26. The van der Waals surface area contributed by atoms with E-state index in [0.717, 1.165) is 0 Å². The van der Waals surface area contributed by atoms with Crippen LogP contribution in [0.2, 0.25) is 0 Å². The molecule has 0 radical (unpaired) electrons. The molecule has 23 heavy (non-hydrogen) atoms. The van der Waals surface area contributed by atoms with Crippen molar-refractivity contribution in [2.75, 3.05) is 5.32 Å². The number of nitrogens with one attached hydrogen (secondary N) is 1. The molecule has 1 aromatic heterocycles. The van der Waals surface area contributed by atoms with Crippen LogP contribution in [0, 0.1) is 0 Å². The van der Waals surface area contributed by atoms with Gasteiger partial charge in [0.2, 0.25) is 0 Å². The number of fused-ring (bicyclic) bond motifs is 1. The van der Waals surface area contributed by atoms with Crippen LogP contribution in [0.1, 0.15) is 20.7 Å². The van der Waals surface area contributed by atoms with Crippen LogP contribution in [0.15, 0.2) is 54.7 Å². The van der Waals surface area contributed by atoms with E-state index in [1.807, 2.05) is 0 Å². The first-order chi connectivity index (χ1) is 11.1. The number of hydrogen-bond donors (Lipinski definition) is 1. The van der Waals surface area contributed by atoms with Gasteiger partial charge in [-0.1, -0.05) is 30.3 Å². The monoisotopic (exact) mass is 306 g/mol. The Morgan fingerprint density at radius 2 is 1.61 bits per heavy atom. The number of anilines is 2. The minimum Gasteiger partial charge on any atom is -0.545 e. The highest BCUT2D eigenvalue weighted by Crippen LogP contribution is 2.28. The molecule has 114 valence electrons. The third-order valence-electron chi connectivity index (χ3n) is 3.39. The summed E-state index contributed by atoms with van der Waals surface area (Å²) in [6.45, 7) is 0. The maximum absolute atomic E-state index is 11.3. The largest absolute Gasteiger partial charge is 0.545 e. The zero-order chi connectivity index (χ0) is 16.4. The molecule has 0 aliphatic carbocycles. The highest BCUT2D eigenvalue weighted by atomic mass is 16.4. The number of nitrogens with zero attached hydrogens (tertiary/aromatic N) is 1. The normalized spacial score (nSPS) is 10.4. The lowest BCUT2D eigenvalue weighted by molar-refractivity contribution is -0.256. The van der Waals surface area contributed by atoms with E-state index in [2.05, 4.69) is 10.3 Å². The zero-order valence-corrected chi connectivity index (χ0v) is 11.8. The number of aromatic carboxylic acids is 2. The van der Waals surface area contributed by atoms with E-state index in [9.17, 15) is 19.8 Å². The Balaban J connectivity index is 2.09. The predicted molar refractivity (Wildman–Crippen MR) is 80.1 cm³/mol. The summed E-state index contributed by atoms with van der Waals surface area (Å²) in [5.74, 6) is -2.63. The van der Waals surface area contributed by atoms with Gasteiger partial charge in [-0.2, -0.15) is 0 Å². The van der Waals surface area contributed by atoms with Crippen LogP contribution in [0.3, 0.4) is 0 Å². The molecule has 0 amide bonds. The lowest BCUT2D eigenvalue weighted by Crippen LogP contribution is -2.23. The Labute approximate surface area is 131 Å². The van der Waals surface area contributed by atoms with Gasteiger partial charge in [0.1, 0.15) is 0 Å². The van der Waals surface area contributed by atoms with Crippen molar-refractivity contribution in [1.82, 2.24) is 4.98 Å². The molecule has 0 spiro atoms. The third-order valence-corrected chi connectivity index (χ3v) is 3.39. The van der Waals surface area contributed by atoms with Crippen molar-refractivity contribution in [3.05, 3.63) is 65.9 Å². The molecular weight excluding hydrogens is 296 g/mol. The molecule has 1 N–H and O–H groups in total. The average molecular weight is 306 g/mol. The number of carboxylic acid groups (broad SMARTS) is 2. The molecule has 3 rings (SSSR count). The summed E-state index contributed by atoms with van der Waals surface area (Å²) < 4.78 is 0. The third kappa shape index (κ3) is 2.82. The first kappa shape index (κ1) is 14.5. The maximum atomic E-state index is 11.3. The van der Waals surface area contributed by atoms with Gasteiger partial charge in [0.05, 0.1) is 23.1 Å². The maximum Gasteiger partial charge on any atom is 0.0752 e. The molecule has 0 bridgehead atoms. The van der Waals surface area contributed by atoms with Crippen molar-refractivity contribution in [2.24, 2.45) is 0 Å². The van der Waals surface area contributed by atoms with Gasteiger partial charge in [-0.15, -0.1) is 0 Å². The number of carbonyl (C=O) groups is 2. The first-order valence-corrected chi connectivity index (χ1v) is 6.74. The topological polar surface area (TPSA) is 105 Å². The molecule has 0 unspecified atom stereocenters. The number of carboxylic acids is 2. The summed E-state index contributed by atoms with van der Waals surface area (Å²) in [5.41, 5.74) is 1.47. The summed E-state index contributed by atoms with van der Waals surface area (Å²) in [6, 6.07) is 12.9. The van der Waals surface area contributed by atoms with E-state index in [1.54, 1.807) is 24.3 Å². The number of hydrogen-bond acceptors (Lipinski definition) is 6. The van der Waals surface area contributed by atoms with Gasteiger partial charge in [0, 0.05) is 22.8 Å². The number of carbonyl (C=O) groups excluding carboxylic acids is 2. The lowest BCUT2D eigenvalue weighted by Gasteiger charge is -2.15. The van der Waals surface area contributed by atoms with Crippen LogP contribution in [-0.2, 0) is 0 Å². The van der Waals surface area contributed by atoms with Crippen molar-refractivity contribution in [2.45, 2.75) is 0 Å². The number of benzene rings is 2. The minimum absolute atomic E-state index is 0.0373. The summed E-state index contributed by atoms with van der Waals surface area (Å²) in [5, 5.41) is 25.7. The van der Waals surface area contributed by atoms with Crippen LogP contribution in [0.4, 0.5) is 11.4 Å².